The first-order valence-electron chi connectivity index (χ1n) is 3.27. The van der Waals surface area contributed by atoms with Gasteiger partial charge >= 0.3 is 0 Å². The zero-order valence-electron chi connectivity index (χ0n) is 6.35. The molecule has 1 aliphatic rings. The van der Waals surface area contributed by atoms with Gasteiger partial charge in [-0.3, -0.25) is 4.79 Å². The van der Waals surface area contributed by atoms with Gasteiger partial charge in [-0.05, 0) is 12.1 Å². The highest BCUT2D eigenvalue weighted by Gasteiger charge is 2.31. The van der Waals surface area contributed by atoms with E-state index in [2.05, 4.69) is 0 Å². The van der Waals surface area contributed by atoms with Crippen molar-refractivity contribution in [1.29, 1.82) is 0 Å². The predicted molar refractivity (Wildman–Crippen MR) is 48.3 cm³/mol. The molecule has 6 heteroatoms. The van der Waals surface area contributed by atoms with Gasteiger partial charge in [0.15, 0.2) is 0 Å². The molecule has 2 rings (SSSR count). The smallest absolute Gasteiger partial charge is 0.266 e. The summed E-state index contributed by atoms with van der Waals surface area (Å²) in [6.07, 6.45) is 0. The molecule has 1 heterocycles. The quantitative estimate of drug-likeness (QED) is 0.693. The third kappa shape index (κ3) is 1.40. The Morgan fingerprint density at radius 3 is 2.38 bits per heavy atom. The number of amides is 1. The summed E-state index contributed by atoms with van der Waals surface area (Å²) in [5.74, 6) is -0.550. The Kier molecular flexibility index (Phi) is 2.32. The van der Waals surface area contributed by atoms with Crippen LogP contribution in [0.15, 0.2) is 29.2 Å². The van der Waals surface area contributed by atoms with Gasteiger partial charge in [0.1, 0.15) is 4.90 Å². The summed E-state index contributed by atoms with van der Waals surface area (Å²) in [4.78, 5) is 11.1. The summed E-state index contributed by atoms with van der Waals surface area (Å²) in [5.41, 5.74) is 0.220. The molecule has 1 aliphatic heterocycles. The standard InChI is InChI=1S/C7H5NO3S.ClH/c9-7-5-3-1-2-4-6(5)12(10,11)8-7;/h1-4H,(H,8,9);1H. The number of carbonyl (C=O) groups is 1. The van der Waals surface area contributed by atoms with Gasteiger partial charge < -0.3 is 0 Å². The van der Waals surface area contributed by atoms with Crippen LogP contribution < -0.4 is 4.72 Å². The Balaban J connectivity index is 0.000000845. The van der Waals surface area contributed by atoms with Gasteiger partial charge in [0.2, 0.25) is 0 Å². The summed E-state index contributed by atoms with van der Waals surface area (Å²) in [6.45, 7) is 0. The van der Waals surface area contributed by atoms with E-state index in [-0.39, 0.29) is 22.9 Å². The minimum absolute atomic E-state index is 0. The number of halogens is 1. The zero-order valence-corrected chi connectivity index (χ0v) is 7.98. The average Bonchev–Trinajstić information content (AvgIpc) is 2.25. The molecule has 0 bridgehead atoms. The van der Waals surface area contributed by atoms with Crippen LogP contribution in [0, 0.1) is 0 Å². The lowest BCUT2D eigenvalue weighted by Gasteiger charge is -1.91. The molecular formula is C7H6ClNO3S. The maximum Gasteiger partial charge on any atom is 0.266 e. The Labute approximate surface area is 81.4 Å². The maximum atomic E-state index is 11.1. The summed E-state index contributed by atoms with van der Waals surface area (Å²) in [5, 5.41) is 0. The lowest BCUT2D eigenvalue weighted by atomic mass is 10.2. The number of nitrogens with one attached hydrogen (secondary N) is 1. The van der Waals surface area contributed by atoms with Crippen molar-refractivity contribution in [3.8, 4) is 0 Å². The molecule has 0 aromatic heterocycles. The van der Waals surface area contributed by atoms with Crippen LogP contribution in [0.1, 0.15) is 10.4 Å². The van der Waals surface area contributed by atoms with Crippen molar-refractivity contribution in [2.75, 3.05) is 0 Å². The topological polar surface area (TPSA) is 63.2 Å². The molecule has 0 atom stereocenters. The minimum Gasteiger partial charge on any atom is -0.268 e. The van der Waals surface area contributed by atoms with E-state index in [0.717, 1.165) is 0 Å². The zero-order chi connectivity index (χ0) is 8.77. The second-order valence-corrected chi connectivity index (χ2v) is 4.08. The largest absolute Gasteiger partial charge is 0.268 e. The lowest BCUT2D eigenvalue weighted by Crippen LogP contribution is -2.20. The Morgan fingerprint density at radius 2 is 1.77 bits per heavy atom. The molecule has 4 nitrogen and oxygen atoms in total. The van der Waals surface area contributed by atoms with Crippen LogP contribution in [-0.4, -0.2) is 14.3 Å². The van der Waals surface area contributed by atoms with E-state index in [1.54, 1.807) is 12.1 Å². The van der Waals surface area contributed by atoms with Crippen molar-refractivity contribution in [2.45, 2.75) is 4.90 Å². The van der Waals surface area contributed by atoms with Crippen LogP contribution in [0.3, 0.4) is 0 Å². The number of rotatable bonds is 0. The van der Waals surface area contributed by atoms with E-state index in [1.165, 1.54) is 12.1 Å². The normalized spacial score (nSPS) is 17.1. The van der Waals surface area contributed by atoms with Crippen molar-refractivity contribution < 1.29 is 13.2 Å². The SMILES string of the molecule is Cl.O=C1NS(=O)(=O)c2ccccc21. The summed E-state index contributed by atoms with van der Waals surface area (Å²) < 4.78 is 24.2. The van der Waals surface area contributed by atoms with Gasteiger partial charge in [0, 0.05) is 0 Å². The highest BCUT2D eigenvalue weighted by molar-refractivity contribution is 7.90. The minimum atomic E-state index is -3.55. The summed E-state index contributed by atoms with van der Waals surface area (Å²) in [6, 6.07) is 6.09. The molecule has 1 aromatic carbocycles. The molecular weight excluding hydrogens is 214 g/mol. The number of benzene rings is 1. The van der Waals surface area contributed by atoms with E-state index in [4.69, 9.17) is 0 Å². The number of hydrogen-bond donors (Lipinski definition) is 1. The molecule has 0 unspecified atom stereocenters. The van der Waals surface area contributed by atoms with E-state index in [9.17, 15) is 13.2 Å². The van der Waals surface area contributed by atoms with Crippen LogP contribution in [0.5, 0.6) is 0 Å². The number of hydrogen-bond acceptors (Lipinski definition) is 3. The van der Waals surface area contributed by atoms with Crippen LogP contribution >= 0.6 is 12.4 Å². The van der Waals surface area contributed by atoms with E-state index >= 15 is 0 Å². The monoisotopic (exact) mass is 219 g/mol. The van der Waals surface area contributed by atoms with Crippen molar-refractivity contribution in [1.82, 2.24) is 4.72 Å². The van der Waals surface area contributed by atoms with Gasteiger partial charge in [0.05, 0.1) is 5.56 Å². The molecule has 0 fully saturated rings. The van der Waals surface area contributed by atoms with Crippen LogP contribution in [-0.2, 0) is 10.0 Å². The number of carbonyl (C=O) groups excluding carboxylic acids is 1. The van der Waals surface area contributed by atoms with Crippen molar-refractivity contribution in [3.05, 3.63) is 29.8 Å². The van der Waals surface area contributed by atoms with Crippen molar-refractivity contribution in [3.63, 3.8) is 0 Å². The molecule has 1 aromatic rings. The highest BCUT2D eigenvalue weighted by Crippen LogP contribution is 2.20. The molecule has 70 valence electrons. The van der Waals surface area contributed by atoms with E-state index in [1.807, 2.05) is 4.72 Å². The second-order valence-electron chi connectivity index (χ2n) is 2.43. The van der Waals surface area contributed by atoms with Crippen LogP contribution in [0.4, 0.5) is 0 Å². The fourth-order valence-corrected chi connectivity index (χ4v) is 2.29. The fourth-order valence-electron chi connectivity index (χ4n) is 1.12. The first kappa shape index (κ1) is 10.0. The Bertz CT molecular complexity index is 455. The van der Waals surface area contributed by atoms with Crippen molar-refractivity contribution in [2.24, 2.45) is 0 Å². The molecule has 13 heavy (non-hydrogen) atoms. The van der Waals surface area contributed by atoms with Gasteiger partial charge in [-0.15, -0.1) is 12.4 Å². The molecule has 0 radical (unpaired) electrons. The van der Waals surface area contributed by atoms with Gasteiger partial charge in [-0.1, -0.05) is 12.1 Å². The lowest BCUT2D eigenvalue weighted by molar-refractivity contribution is 0.0985. The van der Waals surface area contributed by atoms with Gasteiger partial charge in [0.25, 0.3) is 15.9 Å². The summed E-state index contributed by atoms with van der Waals surface area (Å²) in [7, 11) is -3.55. The molecule has 0 aliphatic carbocycles. The van der Waals surface area contributed by atoms with Crippen LogP contribution in [0.25, 0.3) is 0 Å². The second kappa shape index (κ2) is 3.01. The number of fused-ring (bicyclic) bond motifs is 1. The van der Waals surface area contributed by atoms with Crippen molar-refractivity contribution >= 4 is 28.3 Å². The third-order valence-electron chi connectivity index (χ3n) is 1.65. The fraction of sp³-hybridized carbons (Fsp3) is 0. The Hall–Kier alpha value is -1.07. The van der Waals surface area contributed by atoms with Gasteiger partial charge in [-0.2, -0.15) is 0 Å². The molecule has 0 saturated carbocycles. The summed E-state index contributed by atoms with van der Waals surface area (Å²) >= 11 is 0. The Morgan fingerprint density at radius 1 is 1.15 bits per heavy atom. The maximum absolute atomic E-state index is 11.1. The predicted octanol–water partition coefficient (Wildman–Crippen LogP) is 0.540. The average molecular weight is 220 g/mol. The van der Waals surface area contributed by atoms with Crippen LogP contribution in [0.2, 0.25) is 0 Å². The van der Waals surface area contributed by atoms with E-state index < -0.39 is 15.9 Å². The first-order chi connectivity index (χ1) is 5.61. The highest BCUT2D eigenvalue weighted by atomic mass is 35.5. The van der Waals surface area contributed by atoms with E-state index in [0.29, 0.717) is 0 Å². The first-order valence-corrected chi connectivity index (χ1v) is 4.76. The third-order valence-corrected chi connectivity index (χ3v) is 3.04. The molecule has 1 N–H and O–H groups in total. The molecule has 0 spiro atoms. The molecule has 0 saturated heterocycles. The van der Waals surface area contributed by atoms with Gasteiger partial charge in [-0.25, -0.2) is 13.1 Å². The number of sulfonamides is 1. The molecule has 1 amide bonds.